The van der Waals surface area contributed by atoms with Crippen LogP contribution in [0.1, 0.15) is 26.0 Å². The van der Waals surface area contributed by atoms with Gasteiger partial charge in [0.25, 0.3) is 0 Å². The maximum absolute atomic E-state index is 6.10. The number of aromatic nitrogens is 2. The Morgan fingerprint density at radius 2 is 2.22 bits per heavy atom. The minimum absolute atomic E-state index is 0.726. The second-order valence-corrected chi connectivity index (χ2v) is 5.11. The summed E-state index contributed by atoms with van der Waals surface area (Å²) in [5.74, 6) is 1.70. The van der Waals surface area contributed by atoms with Crippen molar-refractivity contribution in [2.24, 2.45) is 13.0 Å². The summed E-state index contributed by atoms with van der Waals surface area (Å²) in [4.78, 5) is 2.50. The maximum Gasteiger partial charge on any atom is 0.147 e. The first-order chi connectivity index (χ1) is 8.65. The number of aryl methyl sites for hydroxylation is 2. The van der Waals surface area contributed by atoms with Gasteiger partial charge >= 0.3 is 0 Å². The lowest BCUT2D eigenvalue weighted by Gasteiger charge is -2.14. The lowest BCUT2D eigenvalue weighted by Crippen LogP contribution is -2.23. The minimum atomic E-state index is 0.726. The van der Waals surface area contributed by atoms with E-state index in [1.807, 2.05) is 11.7 Å². The van der Waals surface area contributed by atoms with E-state index in [9.17, 15) is 0 Å². The highest BCUT2D eigenvalue weighted by Crippen LogP contribution is 2.23. The van der Waals surface area contributed by atoms with Crippen LogP contribution in [-0.2, 0) is 13.5 Å². The van der Waals surface area contributed by atoms with Crippen molar-refractivity contribution in [1.82, 2.24) is 14.7 Å². The summed E-state index contributed by atoms with van der Waals surface area (Å²) in [5, 5.41) is 7.90. The Balaban J connectivity index is 1.92. The van der Waals surface area contributed by atoms with Crippen molar-refractivity contribution in [3.05, 3.63) is 5.69 Å². The van der Waals surface area contributed by atoms with Gasteiger partial charge in [0, 0.05) is 20.1 Å². The molecule has 0 bridgehead atoms. The predicted molar refractivity (Wildman–Crippen MR) is 75.7 cm³/mol. The first kappa shape index (κ1) is 13.2. The Labute approximate surface area is 109 Å². The van der Waals surface area contributed by atoms with Crippen molar-refractivity contribution in [1.29, 1.82) is 0 Å². The Morgan fingerprint density at radius 3 is 2.78 bits per heavy atom. The summed E-state index contributed by atoms with van der Waals surface area (Å²) in [6.07, 6.45) is 2.16. The Bertz CT molecular complexity index is 398. The average Bonchev–Trinajstić information content (AvgIpc) is 2.93. The van der Waals surface area contributed by atoms with Crippen LogP contribution in [0.25, 0.3) is 0 Å². The molecule has 0 radical (unpaired) electrons. The van der Waals surface area contributed by atoms with Crippen LogP contribution < -0.4 is 11.1 Å². The molecule has 5 heteroatoms. The van der Waals surface area contributed by atoms with Gasteiger partial charge in [0.2, 0.25) is 0 Å². The molecule has 1 aliphatic rings. The number of hydrogen-bond donors (Lipinski definition) is 2. The van der Waals surface area contributed by atoms with Crippen LogP contribution >= 0.6 is 0 Å². The normalized spacial score (nSPS) is 20.5. The number of anilines is 2. The van der Waals surface area contributed by atoms with Gasteiger partial charge in [-0.05, 0) is 31.8 Å². The molecule has 0 spiro atoms. The Morgan fingerprint density at radius 1 is 1.44 bits per heavy atom. The minimum Gasteiger partial charge on any atom is -0.394 e. The SMILES string of the molecule is CCc1nn(C)c(NCC2CCN(CC)C2)c1N. The number of nitrogens with zero attached hydrogens (tertiary/aromatic N) is 3. The second-order valence-electron chi connectivity index (χ2n) is 5.11. The third-order valence-corrected chi connectivity index (χ3v) is 3.87. The first-order valence-electron chi connectivity index (χ1n) is 6.93. The van der Waals surface area contributed by atoms with E-state index in [0.29, 0.717) is 0 Å². The molecular formula is C13H25N5. The van der Waals surface area contributed by atoms with E-state index in [1.165, 1.54) is 19.5 Å². The van der Waals surface area contributed by atoms with E-state index in [-0.39, 0.29) is 0 Å². The molecule has 0 saturated carbocycles. The van der Waals surface area contributed by atoms with Gasteiger partial charge in [0.05, 0.1) is 11.4 Å². The number of rotatable bonds is 5. The molecule has 2 rings (SSSR count). The maximum atomic E-state index is 6.10. The van der Waals surface area contributed by atoms with Gasteiger partial charge in [0.1, 0.15) is 5.82 Å². The molecule has 1 atom stereocenters. The van der Waals surface area contributed by atoms with Crippen LogP contribution in [0.5, 0.6) is 0 Å². The molecule has 1 saturated heterocycles. The number of likely N-dealkylation sites (tertiary alicyclic amines) is 1. The summed E-state index contributed by atoms with van der Waals surface area (Å²) >= 11 is 0. The number of nitrogen functional groups attached to an aromatic ring is 1. The predicted octanol–water partition coefficient (Wildman–Crippen LogP) is 1.32. The average molecular weight is 251 g/mol. The van der Waals surface area contributed by atoms with Crippen LogP contribution in [0, 0.1) is 5.92 Å². The quantitative estimate of drug-likeness (QED) is 0.828. The van der Waals surface area contributed by atoms with Crippen LogP contribution in [-0.4, -0.2) is 40.9 Å². The zero-order valence-corrected chi connectivity index (χ0v) is 11.7. The van der Waals surface area contributed by atoms with Gasteiger partial charge in [-0.15, -0.1) is 0 Å². The fourth-order valence-electron chi connectivity index (χ4n) is 2.67. The van der Waals surface area contributed by atoms with E-state index in [1.54, 1.807) is 0 Å². The molecular weight excluding hydrogens is 226 g/mol. The van der Waals surface area contributed by atoms with Crippen molar-refractivity contribution >= 4 is 11.5 Å². The molecule has 1 fully saturated rings. The third-order valence-electron chi connectivity index (χ3n) is 3.87. The monoisotopic (exact) mass is 251 g/mol. The van der Waals surface area contributed by atoms with Gasteiger partial charge in [-0.2, -0.15) is 5.10 Å². The molecule has 18 heavy (non-hydrogen) atoms. The highest BCUT2D eigenvalue weighted by atomic mass is 15.3. The second kappa shape index (κ2) is 5.61. The van der Waals surface area contributed by atoms with Gasteiger partial charge in [-0.25, -0.2) is 0 Å². The van der Waals surface area contributed by atoms with Crippen molar-refractivity contribution in [3.8, 4) is 0 Å². The molecule has 102 valence electrons. The van der Waals surface area contributed by atoms with Gasteiger partial charge in [-0.1, -0.05) is 13.8 Å². The summed E-state index contributed by atoms with van der Waals surface area (Å²) in [6, 6.07) is 0. The zero-order valence-electron chi connectivity index (χ0n) is 11.7. The standard InChI is InChI=1S/C13H25N5/c1-4-11-12(14)13(17(3)16-11)15-8-10-6-7-18(5-2)9-10/h10,15H,4-9,14H2,1-3H3. The van der Waals surface area contributed by atoms with Crippen LogP contribution in [0.2, 0.25) is 0 Å². The third kappa shape index (κ3) is 2.61. The smallest absolute Gasteiger partial charge is 0.147 e. The van der Waals surface area contributed by atoms with E-state index < -0.39 is 0 Å². The van der Waals surface area contributed by atoms with E-state index >= 15 is 0 Å². The van der Waals surface area contributed by atoms with E-state index in [4.69, 9.17) is 5.73 Å². The highest BCUT2D eigenvalue weighted by molar-refractivity contribution is 5.65. The van der Waals surface area contributed by atoms with Crippen molar-refractivity contribution in [2.45, 2.75) is 26.7 Å². The lowest BCUT2D eigenvalue weighted by atomic mass is 10.1. The molecule has 1 aromatic rings. The molecule has 1 aliphatic heterocycles. The number of nitrogens with one attached hydrogen (secondary N) is 1. The topological polar surface area (TPSA) is 59.1 Å². The van der Waals surface area contributed by atoms with Gasteiger partial charge in [0.15, 0.2) is 0 Å². The molecule has 5 nitrogen and oxygen atoms in total. The summed E-state index contributed by atoms with van der Waals surface area (Å²) < 4.78 is 1.86. The zero-order chi connectivity index (χ0) is 13.1. The number of nitrogens with two attached hydrogens (primary N) is 1. The van der Waals surface area contributed by atoms with E-state index in [0.717, 1.165) is 42.6 Å². The largest absolute Gasteiger partial charge is 0.394 e. The molecule has 1 unspecified atom stereocenters. The molecule has 1 aromatic heterocycles. The van der Waals surface area contributed by atoms with E-state index in [2.05, 4.69) is 29.2 Å². The summed E-state index contributed by atoms with van der Waals surface area (Å²) in [7, 11) is 1.95. The van der Waals surface area contributed by atoms with Crippen LogP contribution in [0.3, 0.4) is 0 Å². The Hall–Kier alpha value is -1.23. The van der Waals surface area contributed by atoms with Crippen LogP contribution in [0.15, 0.2) is 0 Å². The van der Waals surface area contributed by atoms with Gasteiger partial charge in [-0.3, -0.25) is 4.68 Å². The van der Waals surface area contributed by atoms with Crippen molar-refractivity contribution < 1.29 is 0 Å². The fraction of sp³-hybridized carbons (Fsp3) is 0.769. The summed E-state index contributed by atoms with van der Waals surface area (Å²) in [5.41, 5.74) is 7.89. The molecule has 0 amide bonds. The molecule has 0 aromatic carbocycles. The molecule has 2 heterocycles. The highest BCUT2D eigenvalue weighted by Gasteiger charge is 2.21. The summed E-state index contributed by atoms with van der Waals surface area (Å²) in [6.45, 7) is 8.88. The molecule has 3 N–H and O–H groups in total. The van der Waals surface area contributed by atoms with Crippen LogP contribution in [0.4, 0.5) is 11.5 Å². The molecule has 0 aliphatic carbocycles. The first-order valence-corrected chi connectivity index (χ1v) is 6.93. The number of hydrogen-bond acceptors (Lipinski definition) is 4. The fourth-order valence-corrected chi connectivity index (χ4v) is 2.67. The van der Waals surface area contributed by atoms with Gasteiger partial charge < -0.3 is 16.0 Å². The van der Waals surface area contributed by atoms with Crippen molar-refractivity contribution in [2.75, 3.05) is 37.2 Å². The lowest BCUT2D eigenvalue weighted by molar-refractivity contribution is 0.345. The Kier molecular flexibility index (Phi) is 4.11. The van der Waals surface area contributed by atoms with Crippen molar-refractivity contribution in [3.63, 3.8) is 0 Å².